The SMILES string of the molecule is C=C1[C@H]2[C@H](CCC(C[C@H](CC)C3CC3C)[C@H]2C)[C@H](C)[C@H](O)C1(C)C. The maximum atomic E-state index is 10.8. The van der Waals surface area contributed by atoms with E-state index < -0.39 is 0 Å². The van der Waals surface area contributed by atoms with Crippen molar-refractivity contribution in [3.63, 3.8) is 0 Å². The Morgan fingerprint density at radius 3 is 2.33 bits per heavy atom. The summed E-state index contributed by atoms with van der Waals surface area (Å²) in [5, 5.41) is 10.8. The molecule has 9 atom stereocenters. The second kappa shape index (κ2) is 6.45. The van der Waals surface area contributed by atoms with Crippen molar-refractivity contribution in [1.82, 2.24) is 0 Å². The second-order valence-corrected chi connectivity index (χ2v) is 10.2. The van der Waals surface area contributed by atoms with Crippen LogP contribution in [0.4, 0.5) is 0 Å². The van der Waals surface area contributed by atoms with Gasteiger partial charge in [0.05, 0.1) is 6.10 Å². The Morgan fingerprint density at radius 1 is 1.17 bits per heavy atom. The summed E-state index contributed by atoms with van der Waals surface area (Å²) in [6.07, 6.45) is 6.68. The molecule has 0 aromatic rings. The molecule has 1 heteroatoms. The van der Waals surface area contributed by atoms with Crippen molar-refractivity contribution in [3.8, 4) is 0 Å². The van der Waals surface area contributed by atoms with Crippen molar-refractivity contribution in [2.75, 3.05) is 0 Å². The van der Waals surface area contributed by atoms with Gasteiger partial charge in [0.15, 0.2) is 0 Å². The van der Waals surface area contributed by atoms with E-state index in [1.807, 2.05) is 0 Å². The Kier molecular flexibility index (Phi) is 4.97. The topological polar surface area (TPSA) is 20.2 Å². The van der Waals surface area contributed by atoms with Crippen molar-refractivity contribution in [2.24, 2.45) is 52.8 Å². The monoisotopic (exact) mass is 332 g/mol. The van der Waals surface area contributed by atoms with Crippen LogP contribution in [-0.4, -0.2) is 11.2 Å². The molecular weight excluding hydrogens is 292 g/mol. The molecule has 0 bridgehead atoms. The summed E-state index contributed by atoms with van der Waals surface area (Å²) >= 11 is 0. The molecule has 24 heavy (non-hydrogen) atoms. The third-order valence-corrected chi connectivity index (χ3v) is 8.69. The molecule has 0 amide bonds. The third kappa shape index (κ3) is 2.89. The molecule has 0 aromatic heterocycles. The minimum atomic E-state index is -0.231. The van der Waals surface area contributed by atoms with E-state index in [4.69, 9.17) is 0 Å². The van der Waals surface area contributed by atoms with Gasteiger partial charge in [-0.2, -0.15) is 0 Å². The van der Waals surface area contributed by atoms with E-state index in [1.165, 1.54) is 37.7 Å². The minimum absolute atomic E-state index is 0.133. The molecule has 138 valence electrons. The predicted octanol–water partition coefficient (Wildman–Crippen LogP) is 5.93. The van der Waals surface area contributed by atoms with Crippen LogP contribution in [0.1, 0.15) is 73.6 Å². The first kappa shape index (κ1) is 18.5. The van der Waals surface area contributed by atoms with E-state index in [0.29, 0.717) is 17.8 Å². The van der Waals surface area contributed by atoms with E-state index in [0.717, 1.165) is 29.6 Å². The van der Waals surface area contributed by atoms with Crippen LogP contribution in [0.15, 0.2) is 12.2 Å². The highest BCUT2D eigenvalue weighted by Gasteiger charge is 2.53. The molecule has 0 aliphatic heterocycles. The third-order valence-electron chi connectivity index (χ3n) is 8.69. The van der Waals surface area contributed by atoms with E-state index in [2.05, 4.69) is 48.1 Å². The van der Waals surface area contributed by atoms with Gasteiger partial charge in [-0.3, -0.25) is 0 Å². The quantitative estimate of drug-likeness (QED) is 0.633. The first-order valence-corrected chi connectivity index (χ1v) is 10.6. The summed E-state index contributed by atoms with van der Waals surface area (Å²) in [6.45, 7) is 18.6. The lowest BCUT2D eigenvalue weighted by molar-refractivity contribution is -0.0737. The first-order valence-electron chi connectivity index (χ1n) is 10.6. The summed E-state index contributed by atoms with van der Waals surface area (Å²) in [6, 6.07) is 0. The number of hydrogen-bond donors (Lipinski definition) is 1. The highest BCUT2D eigenvalue weighted by atomic mass is 16.3. The lowest BCUT2D eigenvalue weighted by Gasteiger charge is -2.56. The van der Waals surface area contributed by atoms with E-state index in [-0.39, 0.29) is 11.5 Å². The molecule has 3 unspecified atom stereocenters. The van der Waals surface area contributed by atoms with Crippen molar-refractivity contribution in [1.29, 1.82) is 0 Å². The fraction of sp³-hybridized carbons (Fsp3) is 0.913. The van der Waals surface area contributed by atoms with Crippen LogP contribution >= 0.6 is 0 Å². The van der Waals surface area contributed by atoms with Gasteiger partial charge in [0.25, 0.3) is 0 Å². The minimum Gasteiger partial charge on any atom is -0.392 e. The molecular formula is C23H40O. The van der Waals surface area contributed by atoms with E-state index in [1.54, 1.807) is 0 Å². The van der Waals surface area contributed by atoms with Crippen LogP contribution in [0.25, 0.3) is 0 Å². The zero-order valence-corrected chi connectivity index (χ0v) is 16.9. The Hall–Kier alpha value is -0.300. The van der Waals surface area contributed by atoms with Crippen LogP contribution in [0.2, 0.25) is 0 Å². The molecule has 0 radical (unpaired) electrons. The molecule has 3 rings (SSSR count). The van der Waals surface area contributed by atoms with Crippen molar-refractivity contribution < 1.29 is 5.11 Å². The molecule has 1 nitrogen and oxygen atoms in total. The standard InChI is InChI=1S/C23H40O/c1-8-17(20-11-13(20)2)12-18-9-10-19-15(4)22(24)23(6,7)16(5)21(19)14(18)3/h13-15,17-22,24H,5,8-12H2,1-4,6-7H3/t13?,14-,15+,17+,18?,19-,20?,21+,22+/m1/s1. The summed E-state index contributed by atoms with van der Waals surface area (Å²) in [5.74, 6) is 6.18. The highest BCUT2D eigenvalue weighted by Crippen LogP contribution is 2.58. The Labute approximate surface area is 150 Å². The largest absolute Gasteiger partial charge is 0.392 e. The fourth-order valence-electron chi connectivity index (χ4n) is 6.58. The average molecular weight is 333 g/mol. The van der Waals surface area contributed by atoms with Gasteiger partial charge >= 0.3 is 0 Å². The molecule has 0 saturated heterocycles. The van der Waals surface area contributed by atoms with Crippen LogP contribution in [0, 0.1) is 52.8 Å². The lowest BCUT2D eigenvalue weighted by atomic mass is 9.50. The first-order chi connectivity index (χ1) is 11.2. The van der Waals surface area contributed by atoms with Crippen molar-refractivity contribution >= 4 is 0 Å². The number of rotatable bonds is 4. The molecule has 0 aromatic carbocycles. The molecule has 3 aliphatic rings. The molecule has 3 aliphatic carbocycles. The maximum Gasteiger partial charge on any atom is 0.0656 e. The normalized spacial score (nSPS) is 48.7. The van der Waals surface area contributed by atoms with Gasteiger partial charge in [0.1, 0.15) is 0 Å². The summed E-state index contributed by atoms with van der Waals surface area (Å²) in [4.78, 5) is 0. The molecule has 3 fully saturated rings. The number of fused-ring (bicyclic) bond motifs is 1. The van der Waals surface area contributed by atoms with Crippen LogP contribution in [0.5, 0.6) is 0 Å². The van der Waals surface area contributed by atoms with Gasteiger partial charge in [-0.25, -0.2) is 0 Å². The molecule has 0 heterocycles. The maximum absolute atomic E-state index is 10.8. The zero-order chi connectivity index (χ0) is 17.8. The molecule has 3 saturated carbocycles. The number of hydrogen-bond acceptors (Lipinski definition) is 1. The highest BCUT2D eigenvalue weighted by molar-refractivity contribution is 5.22. The van der Waals surface area contributed by atoms with Gasteiger partial charge in [-0.1, -0.05) is 60.1 Å². The molecule has 0 spiro atoms. The lowest BCUT2D eigenvalue weighted by Crippen LogP contribution is -2.53. The Bertz CT molecular complexity index is 478. The van der Waals surface area contributed by atoms with Gasteiger partial charge in [-0.05, 0) is 73.0 Å². The van der Waals surface area contributed by atoms with E-state index >= 15 is 0 Å². The smallest absolute Gasteiger partial charge is 0.0656 e. The predicted molar refractivity (Wildman–Crippen MR) is 103 cm³/mol. The van der Waals surface area contributed by atoms with Gasteiger partial charge in [0, 0.05) is 5.41 Å². The van der Waals surface area contributed by atoms with Crippen molar-refractivity contribution in [3.05, 3.63) is 12.2 Å². The summed E-state index contributed by atoms with van der Waals surface area (Å²) < 4.78 is 0. The molecule has 1 N–H and O–H groups in total. The number of aliphatic hydroxyl groups excluding tert-OH is 1. The zero-order valence-electron chi connectivity index (χ0n) is 16.9. The van der Waals surface area contributed by atoms with Gasteiger partial charge in [-0.15, -0.1) is 0 Å². The average Bonchev–Trinajstić information content (AvgIpc) is 3.26. The Balaban J connectivity index is 1.75. The fourth-order valence-corrected chi connectivity index (χ4v) is 6.58. The summed E-state index contributed by atoms with van der Waals surface area (Å²) in [5.41, 5.74) is 1.20. The Morgan fingerprint density at radius 2 is 1.79 bits per heavy atom. The van der Waals surface area contributed by atoms with Gasteiger partial charge in [0.2, 0.25) is 0 Å². The summed E-state index contributed by atoms with van der Waals surface area (Å²) in [7, 11) is 0. The van der Waals surface area contributed by atoms with Crippen LogP contribution in [0.3, 0.4) is 0 Å². The van der Waals surface area contributed by atoms with Crippen LogP contribution < -0.4 is 0 Å². The van der Waals surface area contributed by atoms with Gasteiger partial charge < -0.3 is 5.11 Å². The van der Waals surface area contributed by atoms with Crippen molar-refractivity contribution in [2.45, 2.75) is 79.8 Å². The number of aliphatic hydroxyl groups is 1. The van der Waals surface area contributed by atoms with E-state index in [9.17, 15) is 5.11 Å². The second-order valence-electron chi connectivity index (χ2n) is 10.2. The van der Waals surface area contributed by atoms with Crippen LogP contribution in [-0.2, 0) is 0 Å².